The first-order valence-corrected chi connectivity index (χ1v) is 7.88. The summed E-state index contributed by atoms with van der Waals surface area (Å²) < 4.78 is 21.2. The first-order chi connectivity index (χ1) is 12.1. The Kier molecular flexibility index (Phi) is 6.46. The van der Waals surface area contributed by atoms with Crippen molar-refractivity contribution in [1.29, 1.82) is 0 Å². The van der Waals surface area contributed by atoms with Crippen molar-refractivity contribution in [3.63, 3.8) is 0 Å². The zero-order valence-electron chi connectivity index (χ0n) is 14.9. The summed E-state index contributed by atoms with van der Waals surface area (Å²) in [4.78, 5) is 12.5. The van der Waals surface area contributed by atoms with Crippen molar-refractivity contribution in [1.82, 2.24) is 0 Å². The van der Waals surface area contributed by atoms with Gasteiger partial charge in [-0.1, -0.05) is 12.1 Å². The van der Waals surface area contributed by atoms with E-state index in [1.165, 1.54) is 13.2 Å². The average molecular weight is 342 g/mol. The second-order valence-corrected chi connectivity index (χ2v) is 5.11. The predicted octanol–water partition coefficient (Wildman–Crippen LogP) is 4.01. The minimum absolute atomic E-state index is 0.177. The Labute approximate surface area is 147 Å². The molecule has 0 aliphatic carbocycles. The zero-order chi connectivity index (χ0) is 18.2. The number of benzene rings is 2. The van der Waals surface area contributed by atoms with Gasteiger partial charge in [-0.2, -0.15) is 0 Å². The SMILES string of the molecule is CCOc1ccc(/C=C/C(=O)c2cc(OC)ccc2OC)cc1OC. The van der Waals surface area contributed by atoms with E-state index in [0.717, 1.165) is 5.56 Å². The first kappa shape index (κ1) is 18.4. The van der Waals surface area contributed by atoms with E-state index in [9.17, 15) is 4.79 Å². The Hall–Kier alpha value is -2.95. The summed E-state index contributed by atoms with van der Waals surface area (Å²) in [5.74, 6) is 2.21. The van der Waals surface area contributed by atoms with Gasteiger partial charge in [0.05, 0.1) is 33.5 Å². The van der Waals surface area contributed by atoms with Crippen molar-refractivity contribution in [3.05, 3.63) is 53.6 Å². The molecule has 5 heteroatoms. The minimum Gasteiger partial charge on any atom is -0.497 e. The van der Waals surface area contributed by atoms with E-state index in [2.05, 4.69) is 0 Å². The topological polar surface area (TPSA) is 54.0 Å². The van der Waals surface area contributed by atoms with E-state index in [-0.39, 0.29) is 5.78 Å². The van der Waals surface area contributed by atoms with Gasteiger partial charge in [-0.05, 0) is 48.9 Å². The van der Waals surface area contributed by atoms with Gasteiger partial charge >= 0.3 is 0 Å². The maximum atomic E-state index is 12.5. The molecule has 2 rings (SSSR count). The zero-order valence-corrected chi connectivity index (χ0v) is 14.9. The monoisotopic (exact) mass is 342 g/mol. The molecule has 5 nitrogen and oxygen atoms in total. The van der Waals surface area contributed by atoms with Gasteiger partial charge in [0.25, 0.3) is 0 Å². The second-order valence-electron chi connectivity index (χ2n) is 5.11. The summed E-state index contributed by atoms with van der Waals surface area (Å²) in [5.41, 5.74) is 1.27. The Balaban J connectivity index is 2.25. The molecule has 25 heavy (non-hydrogen) atoms. The highest BCUT2D eigenvalue weighted by Gasteiger charge is 2.11. The fourth-order valence-corrected chi connectivity index (χ4v) is 2.33. The maximum absolute atomic E-state index is 12.5. The quantitative estimate of drug-likeness (QED) is 0.536. The van der Waals surface area contributed by atoms with Crippen molar-refractivity contribution in [2.24, 2.45) is 0 Å². The van der Waals surface area contributed by atoms with Crippen LogP contribution in [0.3, 0.4) is 0 Å². The van der Waals surface area contributed by atoms with Gasteiger partial charge < -0.3 is 18.9 Å². The molecular formula is C20H22O5. The molecule has 0 saturated heterocycles. The molecule has 0 saturated carbocycles. The van der Waals surface area contributed by atoms with Crippen LogP contribution in [0.2, 0.25) is 0 Å². The highest BCUT2D eigenvalue weighted by atomic mass is 16.5. The summed E-state index contributed by atoms with van der Waals surface area (Å²) >= 11 is 0. The lowest BCUT2D eigenvalue weighted by atomic mass is 10.1. The number of carbonyl (C=O) groups is 1. The van der Waals surface area contributed by atoms with Gasteiger partial charge in [0, 0.05) is 0 Å². The number of hydrogen-bond donors (Lipinski definition) is 0. The largest absolute Gasteiger partial charge is 0.497 e. The number of hydrogen-bond acceptors (Lipinski definition) is 5. The summed E-state index contributed by atoms with van der Waals surface area (Å²) in [7, 11) is 4.66. The normalized spacial score (nSPS) is 10.6. The van der Waals surface area contributed by atoms with Crippen LogP contribution in [0.1, 0.15) is 22.8 Å². The number of methoxy groups -OCH3 is 3. The summed E-state index contributed by atoms with van der Waals surface area (Å²) in [6.07, 6.45) is 3.21. The highest BCUT2D eigenvalue weighted by molar-refractivity contribution is 6.08. The van der Waals surface area contributed by atoms with Crippen molar-refractivity contribution < 1.29 is 23.7 Å². The lowest BCUT2D eigenvalue weighted by Gasteiger charge is -2.10. The van der Waals surface area contributed by atoms with Gasteiger partial charge in [-0.3, -0.25) is 4.79 Å². The van der Waals surface area contributed by atoms with Crippen LogP contribution in [-0.4, -0.2) is 33.7 Å². The molecule has 132 valence electrons. The fourth-order valence-electron chi connectivity index (χ4n) is 2.33. The highest BCUT2D eigenvalue weighted by Crippen LogP contribution is 2.29. The van der Waals surface area contributed by atoms with Crippen LogP contribution in [0.4, 0.5) is 0 Å². The summed E-state index contributed by atoms with van der Waals surface area (Å²) in [6, 6.07) is 10.6. The van der Waals surface area contributed by atoms with Crippen molar-refractivity contribution in [2.75, 3.05) is 27.9 Å². The predicted molar refractivity (Wildman–Crippen MR) is 97.1 cm³/mol. The minimum atomic E-state index is -0.177. The molecule has 0 bridgehead atoms. The molecule has 0 fully saturated rings. The Bertz CT molecular complexity index is 765. The Morgan fingerprint density at radius 2 is 1.64 bits per heavy atom. The van der Waals surface area contributed by atoms with Crippen LogP contribution in [0.15, 0.2) is 42.5 Å². The maximum Gasteiger partial charge on any atom is 0.189 e. The molecule has 0 atom stereocenters. The van der Waals surface area contributed by atoms with E-state index in [1.54, 1.807) is 38.5 Å². The van der Waals surface area contributed by atoms with Crippen LogP contribution in [0, 0.1) is 0 Å². The number of rotatable bonds is 8. The smallest absolute Gasteiger partial charge is 0.189 e. The van der Waals surface area contributed by atoms with Crippen molar-refractivity contribution in [2.45, 2.75) is 6.92 Å². The molecule has 2 aromatic carbocycles. The standard InChI is InChI=1S/C20H22O5/c1-5-25-19-10-7-14(12-20(19)24-4)6-9-17(21)16-13-15(22-2)8-11-18(16)23-3/h6-13H,5H2,1-4H3/b9-6+. The summed E-state index contributed by atoms with van der Waals surface area (Å²) in [6.45, 7) is 2.47. The van der Waals surface area contributed by atoms with Crippen LogP contribution in [-0.2, 0) is 0 Å². The molecule has 0 unspecified atom stereocenters. The van der Waals surface area contributed by atoms with Crippen LogP contribution in [0.25, 0.3) is 6.08 Å². The molecule has 0 heterocycles. The second kappa shape index (κ2) is 8.78. The molecule has 0 N–H and O–H groups in total. The van der Waals surface area contributed by atoms with Gasteiger partial charge in [0.2, 0.25) is 0 Å². The lowest BCUT2D eigenvalue weighted by molar-refractivity contribution is 0.104. The van der Waals surface area contributed by atoms with Gasteiger partial charge in [0.15, 0.2) is 17.3 Å². The molecule has 0 aromatic heterocycles. The van der Waals surface area contributed by atoms with Gasteiger partial charge in [-0.15, -0.1) is 0 Å². The molecule has 2 aromatic rings. The number of ether oxygens (including phenoxy) is 4. The molecule has 0 spiro atoms. The Morgan fingerprint density at radius 3 is 2.28 bits per heavy atom. The van der Waals surface area contributed by atoms with Crippen LogP contribution in [0.5, 0.6) is 23.0 Å². The van der Waals surface area contributed by atoms with E-state index < -0.39 is 0 Å². The van der Waals surface area contributed by atoms with E-state index in [4.69, 9.17) is 18.9 Å². The Morgan fingerprint density at radius 1 is 0.920 bits per heavy atom. The summed E-state index contributed by atoms with van der Waals surface area (Å²) in [5, 5.41) is 0. The number of allylic oxidation sites excluding steroid dienone is 1. The van der Waals surface area contributed by atoms with Crippen LogP contribution < -0.4 is 18.9 Å². The number of ketones is 1. The van der Waals surface area contributed by atoms with Crippen LogP contribution >= 0.6 is 0 Å². The average Bonchev–Trinajstić information content (AvgIpc) is 2.66. The van der Waals surface area contributed by atoms with E-state index in [0.29, 0.717) is 35.2 Å². The van der Waals surface area contributed by atoms with Gasteiger partial charge in [0.1, 0.15) is 11.5 Å². The molecule has 0 amide bonds. The molecule has 0 radical (unpaired) electrons. The third-order valence-electron chi connectivity index (χ3n) is 3.59. The van der Waals surface area contributed by atoms with Crippen molar-refractivity contribution in [3.8, 4) is 23.0 Å². The third kappa shape index (κ3) is 4.53. The molecular weight excluding hydrogens is 320 g/mol. The lowest BCUT2D eigenvalue weighted by Crippen LogP contribution is -2.00. The molecule has 0 aliphatic rings. The number of carbonyl (C=O) groups excluding carboxylic acids is 1. The third-order valence-corrected chi connectivity index (χ3v) is 3.59. The van der Waals surface area contributed by atoms with Gasteiger partial charge in [-0.25, -0.2) is 0 Å². The van der Waals surface area contributed by atoms with Crippen molar-refractivity contribution >= 4 is 11.9 Å². The van der Waals surface area contributed by atoms with E-state index >= 15 is 0 Å². The fraction of sp³-hybridized carbons (Fsp3) is 0.250. The van der Waals surface area contributed by atoms with E-state index in [1.807, 2.05) is 25.1 Å². The first-order valence-electron chi connectivity index (χ1n) is 7.88. The molecule has 0 aliphatic heterocycles.